The lowest BCUT2D eigenvalue weighted by atomic mass is 9.78. The van der Waals surface area contributed by atoms with Crippen LogP contribution in [0.2, 0.25) is 0 Å². The molecule has 0 saturated heterocycles. The summed E-state index contributed by atoms with van der Waals surface area (Å²) in [5.41, 5.74) is -0.259. The zero-order valence-corrected chi connectivity index (χ0v) is 8.57. The van der Waals surface area contributed by atoms with Crippen molar-refractivity contribution in [2.75, 3.05) is 0 Å². The smallest absolute Gasteiger partial charge is 0.114 e. The summed E-state index contributed by atoms with van der Waals surface area (Å²) in [7, 11) is 0. The molecule has 1 heterocycles. The van der Waals surface area contributed by atoms with Crippen LogP contribution >= 0.6 is 0 Å². The lowest BCUT2D eigenvalue weighted by molar-refractivity contribution is -0.0569. The quantitative estimate of drug-likeness (QED) is 0.742. The second-order valence-electron chi connectivity index (χ2n) is 3.99. The monoisotopic (exact) mass is 183 g/mol. The van der Waals surface area contributed by atoms with E-state index in [4.69, 9.17) is 0 Å². The highest BCUT2D eigenvalue weighted by atomic mass is 16.3. The molecule has 0 spiro atoms. The third-order valence-electron chi connectivity index (χ3n) is 2.59. The van der Waals surface area contributed by atoms with Gasteiger partial charge in [0.2, 0.25) is 0 Å². The normalized spacial score (nSPS) is 12.8. The predicted molar refractivity (Wildman–Crippen MR) is 50.0 cm³/mol. The van der Waals surface area contributed by atoms with Crippen LogP contribution in [0.5, 0.6) is 0 Å². The molecule has 0 unspecified atom stereocenters. The summed E-state index contributed by atoms with van der Waals surface area (Å²) >= 11 is 0. The number of hydrogen-bond acceptors (Lipinski definition) is 3. The maximum Gasteiger partial charge on any atom is 0.114 e. The molecule has 0 aliphatic heterocycles. The van der Waals surface area contributed by atoms with Crippen LogP contribution in [0.3, 0.4) is 0 Å². The summed E-state index contributed by atoms with van der Waals surface area (Å²) in [5, 5.41) is 20.6. The summed E-state index contributed by atoms with van der Waals surface area (Å²) in [6.07, 6.45) is 1.58. The molecule has 74 valence electrons. The molecule has 4 heteroatoms. The minimum atomic E-state index is -0.882. The van der Waals surface area contributed by atoms with Gasteiger partial charge in [0.05, 0.1) is 6.20 Å². The molecular formula is C9H17N3O. The molecule has 0 aliphatic carbocycles. The Kier molecular flexibility index (Phi) is 2.71. The van der Waals surface area contributed by atoms with E-state index in [9.17, 15) is 5.11 Å². The molecule has 0 atom stereocenters. The molecule has 0 aliphatic rings. The minimum Gasteiger partial charge on any atom is -0.383 e. The number of aromatic amines is 1. The van der Waals surface area contributed by atoms with Crippen molar-refractivity contribution in [1.29, 1.82) is 0 Å². The van der Waals surface area contributed by atoms with Gasteiger partial charge in [-0.3, -0.25) is 0 Å². The second kappa shape index (κ2) is 3.46. The Balaban J connectivity index is 3.06. The van der Waals surface area contributed by atoms with Crippen molar-refractivity contribution in [3.63, 3.8) is 0 Å². The van der Waals surface area contributed by atoms with Gasteiger partial charge in [-0.25, -0.2) is 0 Å². The van der Waals surface area contributed by atoms with Gasteiger partial charge in [0.15, 0.2) is 0 Å². The van der Waals surface area contributed by atoms with Gasteiger partial charge in [0.25, 0.3) is 0 Å². The summed E-state index contributed by atoms with van der Waals surface area (Å²) in [6, 6.07) is 0. The maximum atomic E-state index is 10.4. The standard InChI is InChI=1S/C9H17N3O/c1-6(2)9(13,7(3)4)8-5-10-12-11-8/h5-7,13H,1-4H3,(H,10,11,12). The summed E-state index contributed by atoms with van der Waals surface area (Å²) in [6.45, 7) is 7.92. The largest absolute Gasteiger partial charge is 0.383 e. The topological polar surface area (TPSA) is 61.8 Å². The van der Waals surface area contributed by atoms with Gasteiger partial charge in [-0.15, -0.1) is 0 Å². The van der Waals surface area contributed by atoms with Crippen molar-refractivity contribution in [2.45, 2.75) is 33.3 Å². The maximum absolute atomic E-state index is 10.4. The first-order valence-electron chi connectivity index (χ1n) is 4.58. The molecule has 0 saturated carbocycles. The van der Waals surface area contributed by atoms with E-state index in [1.165, 1.54) is 0 Å². The second-order valence-corrected chi connectivity index (χ2v) is 3.99. The summed E-state index contributed by atoms with van der Waals surface area (Å²) in [5.74, 6) is 0.246. The highest BCUT2D eigenvalue weighted by Crippen LogP contribution is 2.34. The Hall–Kier alpha value is -0.900. The van der Waals surface area contributed by atoms with E-state index < -0.39 is 5.60 Å². The van der Waals surface area contributed by atoms with Crippen LogP contribution in [0.25, 0.3) is 0 Å². The van der Waals surface area contributed by atoms with Gasteiger partial charge < -0.3 is 5.11 Å². The fraction of sp³-hybridized carbons (Fsp3) is 0.778. The van der Waals surface area contributed by atoms with Crippen molar-refractivity contribution in [1.82, 2.24) is 15.4 Å². The number of aromatic nitrogens is 3. The van der Waals surface area contributed by atoms with Gasteiger partial charge in [-0.05, 0) is 11.8 Å². The first-order chi connectivity index (χ1) is 5.99. The van der Waals surface area contributed by atoms with Gasteiger partial charge in [-0.2, -0.15) is 15.4 Å². The van der Waals surface area contributed by atoms with Crippen LogP contribution in [-0.4, -0.2) is 20.5 Å². The van der Waals surface area contributed by atoms with E-state index in [-0.39, 0.29) is 11.8 Å². The predicted octanol–water partition coefficient (Wildman–Crippen LogP) is 1.30. The van der Waals surface area contributed by atoms with E-state index in [1.807, 2.05) is 27.7 Å². The highest BCUT2D eigenvalue weighted by molar-refractivity contribution is 5.08. The van der Waals surface area contributed by atoms with E-state index >= 15 is 0 Å². The zero-order chi connectivity index (χ0) is 10.1. The Morgan fingerprint density at radius 3 is 2.15 bits per heavy atom. The van der Waals surface area contributed by atoms with Gasteiger partial charge in [0.1, 0.15) is 11.3 Å². The minimum absolute atomic E-state index is 0.123. The summed E-state index contributed by atoms with van der Waals surface area (Å²) < 4.78 is 0. The molecule has 13 heavy (non-hydrogen) atoms. The Bertz CT molecular complexity index is 246. The van der Waals surface area contributed by atoms with Crippen LogP contribution in [0.1, 0.15) is 33.4 Å². The summed E-state index contributed by atoms with van der Waals surface area (Å²) in [4.78, 5) is 0. The van der Waals surface area contributed by atoms with Crippen LogP contribution in [-0.2, 0) is 5.60 Å². The van der Waals surface area contributed by atoms with E-state index in [0.717, 1.165) is 0 Å². The fourth-order valence-corrected chi connectivity index (χ4v) is 1.65. The molecular weight excluding hydrogens is 166 g/mol. The average Bonchev–Trinajstić information content (AvgIpc) is 2.54. The van der Waals surface area contributed by atoms with Gasteiger partial charge >= 0.3 is 0 Å². The molecule has 4 nitrogen and oxygen atoms in total. The van der Waals surface area contributed by atoms with Crippen LogP contribution < -0.4 is 0 Å². The van der Waals surface area contributed by atoms with Crippen molar-refractivity contribution >= 4 is 0 Å². The van der Waals surface area contributed by atoms with Crippen LogP contribution in [0, 0.1) is 11.8 Å². The number of nitrogens with zero attached hydrogens (tertiary/aromatic N) is 2. The Labute approximate surface area is 78.4 Å². The third kappa shape index (κ3) is 1.58. The number of aliphatic hydroxyl groups is 1. The van der Waals surface area contributed by atoms with Crippen LogP contribution in [0.15, 0.2) is 6.20 Å². The molecule has 2 N–H and O–H groups in total. The van der Waals surface area contributed by atoms with Crippen molar-refractivity contribution in [3.05, 3.63) is 11.9 Å². The Morgan fingerprint density at radius 2 is 1.85 bits per heavy atom. The zero-order valence-electron chi connectivity index (χ0n) is 8.57. The SMILES string of the molecule is CC(C)C(O)(c1cn[nH]n1)C(C)C. The highest BCUT2D eigenvalue weighted by Gasteiger charge is 2.38. The van der Waals surface area contributed by atoms with E-state index in [2.05, 4.69) is 15.4 Å². The molecule has 1 aromatic rings. The van der Waals surface area contributed by atoms with Gasteiger partial charge in [-0.1, -0.05) is 27.7 Å². The molecule has 0 bridgehead atoms. The first kappa shape index (κ1) is 10.2. The fourth-order valence-electron chi connectivity index (χ4n) is 1.65. The molecule has 1 aromatic heterocycles. The van der Waals surface area contributed by atoms with Gasteiger partial charge in [0, 0.05) is 0 Å². The lowest BCUT2D eigenvalue weighted by Crippen LogP contribution is -2.38. The molecule has 0 aromatic carbocycles. The molecule has 0 fully saturated rings. The first-order valence-corrected chi connectivity index (χ1v) is 4.58. The van der Waals surface area contributed by atoms with E-state index in [1.54, 1.807) is 6.20 Å². The third-order valence-corrected chi connectivity index (χ3v) is 2.59. The number of hydrogen-bond donors (Lipinski definition) is 2. The number of H-pyrrole nitrogens is 1. The number of nitrogens with one attached hydrogen (secondary N) is 1. The Morgan fingerprint density at radius 1 is 1.31 bits per heavy atom. The average molecular weight is 183 g/mol. The van der Waals surface area contributed by atoms with Crippen LogP contribution in [0.4, 0.5) is 0 Å². The molecule has 1 rings (SSSR count). The lowest BCUT2D eigenvalue weighted by Gasteiger charge is -2.33. The van der Waals surface area contributed by atoms with Crippen molar-refractivity contribution in [3.8, 4) is 0 Å². The number of rotatable bonds is 3. The van der Waals surface area contributed by atoms with E-state index in [0.29, 0.717) is 5.69 Å². The van der Waals surface area contributed by atoms with Crippen molar-refractivity contribution < 1.29 is 5.11 Å². The molecule has 0 amide bonds. The van der Waals surface area contributed by atoms with Crippen molar-refractivity contribution in [2.24, 2.45) is 11.8 Å². The molecule has 0 radical (unpaired) electrons.